The van der Waals surface area contributed by atoms with E-state index in [9.17, 15) is 22.4 Å². The molecule has 2 amide bonds. The van der Waals surface area contributed by atoms with Crippen molar-refractivity contribution in [3.05, 3.63) is 59.4 Å². The first kappa shape index (κ1) is 22.9. The van der Waals surface area contributed by atoms with Crippen molar-refractivity contribution in [3.63, 3.8) is 0 Å². The number of fused-ring (bicyclic) bond motifs is 1. The van der Waals surface area contributed by atoms with Crippen LogP contribution in [0.15, 0.2) is 47.4 Å². The van der Waals surface area contributed by atoms with Crippen LogP contribution in [0.1, 0.15) is 50.3 Å². The SMILES string of the molecule is CCN(CC)S(=O)(=O)c1ccc([C@H](C)NC(=O)[C@H]2CC(=O)Nc3cc(F)ccc32)cc1. The fourth-order valence-electron chi connectivity index (χ4n) is 3.71. The number of carbonyl (C=O) groups excluding carboxylic acids is 2. The summed E-state index contributed by atoms with van der Waals surface area (Å²) in [6.07, 6.45) is -0.0295. The molecule has 2 aromatic rings. The van der Waals surface area contributed by atoms with Gasteiger partial charge in [0.1, 0.15) is 5.82 Å². The molecule has 0 saturated carbocycles. The molecule has 1 aliphatic heterocycles. The van der Waals surface area contributed by atoms with Crippen LogP contribution in [-0.4, -0.2) is 37.6 Å². The zero-order valence-electron chi connectivity index (χ0n) is 17.7. The average molecular weight is 448 g/mol. The number of sulfonamides is 1. The van der Waals surface area contributed by atoms with E-state index in [-0.39, 0.29) is 23.1 Å². The molecule has 31 heavy (non-hydrogen) atoms. The minimum atomic E-state index is -3.56. The van der Waals surface area contributed by atoms with Crippen molar-refractivity contribution in [3.8, 4) is 0 Å². The van der Waals surface area contributed by atoms with E-state index in [0.717, 1.165) is 5.56 Å². The lowest BCUT2D eigenvalue weighted by Gasteiger charge is -2.26. The minimum Gasteiger partial charge on any atom is -0.349 e. The first-order valence-electron chi connectivity index (χ1n) is 10.2. The van der Waals surface area contributed by atoms with E-state index < -0.39 is 27.8 Å². The van der Waals surface area contributed by atoms with E-state index in [1.54, 1.807) is 32.9 Å². The molecule has 7 nitrogen and oxygen atoms in total. The molecule has 3 rings (SSSR count). The highest BCUT2D eigenvalue weighted by molar-refractivity contribution is 7.89. The van der Waals surface area contributed by atoms with Gasteiger partial charge in [0.05, 0.1) is 16.9 Å². The second-order valence-electron chi connectivity index (χ2n) is 7.43. The number of amides is 2. The van der Waals surface area contributed by atoms with Gasteiger partial charge in [-0.15, -0.1) is 0 Å². The number of carbonyl (C=O) groups is 2. The molecular formula is C22H26FN3O4S. The lowest BCUT2D eigenvalue weighted by atomic mass is 9.89. The lowest BCUT2D eigenvalue weighted by Crippen LogP contribution is -2.36. The first-order valence-corrected chi connectivity index (χ1v) is 11.6. The van der Waals surface area contributed by atoms with Crippen LogP contribution in [0.3, 0.4) is 0 Å². The molecule has 2 N–H and O–H groups in total. The number of hydrogen-bond donors (Lipinski definition) is 2. The summed E-state index contributed by atoms with van der Waals surface area (Å²) < 4.78 is 40.1. The molecule has 0 aliphatic carbocycles. The Balaban J connectivity index is 1.76. The predicted molar refractivity (Wildman–Crippen MR) is 115 cm³/mol. The molecule has 0 saturated heterocycles. The third-order valence-electron chi connectivity index (χ3n) is 5.45. The fourth-order valence-corrected chi connectivity index (χ4v) is 5.17. The van der Waals surface area contributed by atoms with Gasteiger partial charge < -0.3 is 10.6 Å². The minimum absolute atomic E-state index is 0.0295. The van der Waals surface area contributed by atoms with Crippen LogP contribution in [-0.2, 0) is 19.6 Å². The van der Waals surface area contributed by atoms with Gasteiger partial charge in [-0.2, -0.15) is 4.31 Å². The molecule has 1 aliphatic rings. The number of anilines is 1. The molecule has 0 fully saturated rings. The number of nitrogens with zero attached hydrogens (tertiary/aromatic N) is 1. The summed E-state index contributed by atoms with van der Waals surface area (Å²) >= 11 is 0. The smallest absolute Gasteiger partial charge is 0.243 e. The van der Waals surface area contributed by atoms with E-state index in [0.29, 0.717) is 24.3 Å². The van der Waals surface area contributed by atoms with Gasteiger partial charge in [0.2, 0.25) is 21.8 Å². The van der Waals surface area contributed by atoms with Crippen LogP contribution in [0.25, 0.3) is 0 Å². The maximum Gasteiger partial charge on any atom is 0.243 e. The maximum atomic E-state index is 13.5. The molecule has 2 atom stereocenters. The van der Waals surface area contributed by atoms with E-state index in [1.807, 2.05) is 0 Å². The van der Waals surface area contributed by atoms with Crippen LogP contribution < -0.4 is 10.6 Å². The molecule has 1 heterocycles. The first-order chi connectivity index (χ1) is 14.7. The molecule has 166 valence electrons. The van der Waals surface area contributed by atoms with E-state index in [4.69, 9.17) is 0 Å². The Kier molecular flexibility index (Phi) is 6.76. The van der Waals surface area contributed by atoms with Crippen molar-refractivity contribution in [2.45, 2.75) is 44.0 Å². The van der Waals surface area contributed by atoms with E-state index in [1.165, 1.54) is 34.6 Å². The Morgan fingerprint density at radius 2 is 1.84 bits per heavy atom. The number of benzene rings is 2. The summed E-state index contributed by atoms with van der Waals surface area (Å²) in [5.41, 5.74) is 1.59. The van der Waals surface area contributed by atoms with Crippen molar-refractivity contribution in [2.24, 2.45) is 0 Å². The van der Waals surface area contributed by atoms with Gasteiger partial charge >= 0.3 is 0 Å². The number of rotatable bonds is 7. The van der Waals surface area contributed by atoms with Crippen LogP contribution in [0, 0.1) is 5.82 Å². The highest BCUT2D eigenvalue weighted by Crippen LogP contribution is 2.33. The summed E-state index contributed by atoms with van der Waals surface area (Å²) in [5, 5.41) is 5.46. The van der Waals surface area contributed by atoms with Gasteiger partial charge in [-0.3, -0.25) is 9.59 Å². The van der Waals surface area contributed by atoms with Crippen LogP contribution in [0.5, 0.6) is 0 Å². The van der Waals surface area contributed by atoms with Crippen molar-refractivity contribution < 1.29 is 22.4 Å². The normalized spacial score (nSPS) is 17.1. The van der Waals surface area contributed by atoms with Gasteiger partial charge in [0, 0.05) is 25.2 Å². The summed E-state index contributed by atoms with van der Waals surface area (Å²) in [4.78, 5) is 25.0. The standard InChI is InChI=1S/C22H26FN3O4S/c1-4-26(5-2)31(29,30)17-9-6-15(7-10-17)14(3)24-22(28)19-13-21(27)25-20-12-16(23)8-11-18(19)20/h6-12,14,19H,4-5,13H2,1-3H3,(H,24,28)(H,25,27)/t14-,19-/m0/s1. The predicted octanol–water partition coefficient (Wildman–Crippen LogP) is 3.16. The third kappa shape index (κ3) is 4.77. The molecule has 0 spiro atoms. The molecule has 0 aromatic heterocycles. The number of hydrogen-bond acceptors (Lipinski definition) is 4. The Hall–Kier alpha value is -2.78. The Bertz CT molecular complexity index is 1080. The van der Waals surface area contributed by atoms with Crippen molar-refractivity contribution in [1.29, 1.82) is 0 Å². The Morgan fingerprint density at radius 1 is 1.19 bits per heavy atom. The maximum absolute atomic E-state index is 13.5. The van der Waals surface area contributed by atoms with Crippen LogP contribution in [0.4, 0.5) is 10.1 Å². The zero-order valence-corrected chi connectivity index (χ0v) is 18.5. The fraction of sp³-hybridized carbons (Fsp3) is 0.364. The van der Waals surface area contributed by atoms with Gasteiger partial charge in [-0.1, -0.05) is 32.0 Å². The Labute approximate surface area is 181 Å². The zero-order chi connectivity index (χ0) is 22.8. The molecular weight excluding hydrogens is 421 g/mol. The summed E-state index contributed by atoms with van der Waals surface area (Å²) in [7, 11) is -3.56. The topological polar surface area (TPSA) is 95.6 Å². The lowest BCUT2D eigenvalue weighted by molar-refractivity contribution is -0.126. The molecule has 0 radical (unpaired) electrons. The molecule has 9 heteroatoms. The van der Waals surface area contributed by atoms with Crippen LogP contribution >= 0.6 is 0 Å². The largest absolute Gasteiger partial charge is 0.349 e. The molecule has 0 bridgehead atoms. The summed E-state index contributed by atoms with van der Waals surface area (Å²) in [5.74, 6) is -1.92. The van der Waals surface area contributed by atoms with E-state index in [2.05, 4.69) is 10.6 Å². The molecule has 2 aromatic carbocycles. The van der Waals surface area contributed by atoms with Gasteiger partial charge in [0.25, 0.3) is 0 Å². The summed E-state index contributed by atoms with van der Waals surface area (Å²) in [6.45, 7) is 6.11. The highest BCUT2D eigenvalue weighted by Gasteiger charge is 2.31. The highest BCUT2D eigenvalue weighted by atomic mass is 32.2. The van der Waals surface area contributed by atoms with Crippen molar-refractivity contribution in [1.82, 2.24) is 9.62 Å². The quantitative estimate of drug-likeness (QED) is 0.682. The third-order valence-corrected chi connectivity index (χ3v) is 7.52. The van der Waals surface area contributed by atoms with Gasteiger partial charge in [0.15, 0.2) is 0 Å². The number of halogens is 1. The second kappa shape index (κ2) is 9.15. The van der Waals surface area contributed by atoms with Gasteiger partial charge in [-0.25, -0.2) is 12.8 Å². The second-order valence-corrected chi connectivity index (χ2v) is 9.36. The van der Waals surface area contributed by atoms with E-state index >= 15 is 0 Å². The Morgan fingerprint density at radius 3 is 2.45 bits per heavy atom. The average Bonchev–Trinajstić information content (AvgIpc) is 2.73. The van der Waals surface area contributed by atoms with Gasteiger partial charge in [-0.05, 0) is 42.3 Å². The van der Waals surface area contributed by atoms with Crippen molar-refractivity contribution >= 4 is 27.5 Å². The summed E-state index contributed by atoms with van der Waals surface area (Å²) in [6, 6.07) is 9.93. The number of nitrogens with one attached hydrogen (secondary N) is 2. The monoisotopic (exact) mass is 447 g/mol. The van der Waals surface area contributed by atoms with Crippen LogP contribution in [0.2, 0.25) is 0 Å². The van der Waals surface area contributed by atoms with Crippen molar-refractivity contribution in [2.75, 3.05) is 18.4 Å². The molecule has 0 unspecified atom stereocenters.